The molecule has 1 heterocycles. The molecule has 1 unspecified atom stereocenters. The van der Waals surface area contributed by atoms with Gasteiger partial charge in [-0.15, -0.1) is 0 Å². The first kappa shape index (κ1) is 11.6. The third kappa shape index (κ3) is 2.27. The Balaban J connectivity index is 2.51. The van der Waals surface area contributed by atoms with Gasteiger partial charge in [0.05, 0.1) is 13.2 Å². The maximum absolute atomic E-state index is 9.30. The first-order valence-corrected chi connectivity index (χ1v) is 5.50. The van der Waals surface area contributed by atoms with Gasteiger partial charge < -0.3 is 9.72 Å². The molecule has 2 rings (SSSR count). The fourth-order valence-electron chi connectivity index (χ4n) is 1.77. The molecule has 0 aliphatic carbocycles. The number of benzene rings is 1. The van der Waals surface area contributed by atoms with E-state index in [0.29, 0.717) is 10.8 Å². The molecular formula is C13H11ClN2O. The molecule has 0 spiro atoms. The lowest BCUT2D eigenvalue weighted by Crippen LogP contribution is -2.00. The molecule has 1 aromatic carbocycles. The van der Waals surface area contributed by atoms with Crippen LogP contribution in [0.1, 0.15) is 17.0 Å². The average Bonchev–Trinajstić information content (AvgIpc) is 2.84. The number of rotatable bonds is 3. The number of nitrogens with one attached hydrogen (secondary N) is 1. The van der Waals surface area contributed by atoms with Crippen molar-refractivity contribution in [2.24, 2.45) is 0 Å². The van der Waals surface area contributed by atoms with Crippen molar-refractivity contribution in [3.8, 4) is 11.8 Å². The summed E-state index contributed by atoms with van der Waals surface area (Å²) in [5.41, 5.74) is 1.68. The quantitative estimate of drug-likeness (QED) is 0.903. The van der Waals surface area contributed by atoms with E-state index >= 15 is 0 Å². The zero-order chi connectivity index (χ0) is 12.3. The smallest absolute Gasteiger partial charge is 0.123 e. The monoisotopic (exact) mass is 246 g/mol. The van der Waals surface area contributed by atoms with Gasteiger partial charge in [0.15, 0.2) is 0 Å². The summed E-state index contributed by atoms with van der Waals surface area (Å²) in [6.45, 7) is 0. The predicted octanol–water partition coefficient (Wildman–Crippen LogP) is 3.33. The number of H-pyrrole nitrogens is 1. The fourth-order valence-corrected chi connectivity index (χ4v) is 1.95. The first-order valence-electron chi connectivity index (χ1n) is 5.12. The Kier molecular flexibility index (Phi) is 3.36. The maximum Gasteiger partial charge on any atom is 0.123 e. The third-order valence-electron chi connectivity index (χ3n) is 2.59. The number of aromatic nitrogens is 1. The van der Waals surface area contributed by atoms with Crippen LogP contribution in [0.4, 0.5) is 0 Å². The number of ether oxygens (including phenoxy) is 1. The summed E-state index contributed by atoms with van der Waals surface area (Å²) in [4.78, 5) is 2.94. The van der Waals surface area contributed by atoms with Crippen molar-refractivity contribution >= 4 is 11.6 Å². The molecule has 3 nitrogen and oxygen atoms in total. The summed E-state index contributed by atoms with van der Waals surface area (Å²) in [5, 5.41) is 9.89. The van der Waals surface area contributed by atoms with Crippen molar-refractivity contribution in [2.75, 3.05) is 7.11 Å². The molecule has 0 saturated carbocycles. The second-order valence-corrected chi connectivity index (χ2v) is 4.03. The largest absolute Gasteiger partial charge is 0.496 e. The van der Waals surface area contributed by atoms with Crippen molar-refractivity contribution in [3.05, 3.63) is 52.8 Å². The molecule has 0 aliphatic heterocycles. The summed E-state index contributed by atoms with van der Waals surface area (Å²) in [5.74, 6) is 0.289. The van der Waals surface area contributed by atoms with Crippen LogP contribution in [0.3, 0.4) is 0 Å². The molecule has 0 aliphatic rings. The van der Waals surface area contributed by atoms with E-state index in [1.165, 1.54) is 0 Å². The van der Waals surface area contributed by atoms with E-state index in [2.05, 4.69) is 11.1 Å². The minimum Gasteiger partial charge on any atom is -0.496 e. The molecule has 0 fully saturated rings. The van der Waals surface area contributed by atoms with Crippen LogP contribution in [0.2, 0.25) is 5.02 Å². The number of halogens is 1. The van der Waals surface area contributed by atoms with E-state index in [1.54, 1.807) is 37.7 Å². The van der Waals surface area contributed by atoms with Gasteiger partial charge in [-0.1, -0.05) is 11.6 Å². The number of methoxy groups -OCH3 is 1. The number of hydrogen-bond acceptors (Lipinski definition) is 2. The highest BCUT2D eigenvalue weighted by atomic mass is 35.5. The van der Waals surface area contributed by atoms with Gasteiger partial charge in [0, 0.05) is 23.0 Å². The molecule has 1 aromatic heterocycles. The normalized spacial score (nSPS) is 11.8. The summed E-state index contributed by atoms with van der Waals surface area (Å²) in [6, 6.07) is 9.42. The molecule has 0 saturated heterocycles. The Morgan fingerprint density at radius 3 is 2.82 bits per heavy atom. The van der Waals surface area contributed by atoms with Crippen LogP contribution < -0.4 is 4.74 Å². The van der Waals surface area contributed by atoms with Crippen LogP contribution in [0.15, 0.2) is 36.7 Å². The maximum atomic E-state index is 9.30. The number of aromatic amines is 1. The molecule has 0 radical (unpaired) electrons. The van der Waals surface area contributed by atoms with Gasteiger partial charge in [-0.05, 0) is 29.8 Å². The van der Waals surface area contributed by atoms with Gasteiger partial charge in [0.1, 0.15) is 11.7 Å². The molecule has 4 heteroatoms. The minimum atomic E-state index is -0.380. The van der Waals surface area contributed by atoms with Crippen molar-refractivity contribution in [1.82, 2.24) is 4.98 Å². The van der Waals surface area contributed by atoms with Gasteiger partial charge >= 0.3 is 0 Å². The van der Waals surface area contributed by atoms with Crippen LogP contribution in [-0.4, -0.2) is 12.1 Å². The van der Waals surface area contributed by atoms with E-state index in [4.69, 9.17) is 16.3 Å². The summed E-state index contributed by atoms with van der Waals surface area (Å²) >= 11 is 5.96. The number of hydrogen-bond donors (Lipinski definition) is 1. The standard InChI is InChI=1S/C13H11ClN2O/c1-17-13-3-2-10(14)6-11(13)12(7-15)9-4-5-16-8-9/h2-6,8,12,16H,1H3. The van der Waals surface area contributed by atoms with E-state index in [9.17, 15) is 5.26 Å². The topological polar surface area (TPSA) is 48.8 Å². The Bertz CT molecular complexity index is 543. The van der Waals surface area contributed by atoms with Gasteiger partial charge in [-0.2, -0.15) is 5.26 Å². The van der Waals surface area contributed by atoms with Crippen molar-refractivity contribution in [3.63, 3.8) is 0 Å². The van der Waals surface area contributed by atoms with Crippen molar-refractivity contribution in [2.45, 2.75) is 5.92 Å². The highest BCUT2D eigenvalue weighted by Gasteiger charge is 2.18. The molecule has 1 N–H and O–H groups in total. The lowest BCUT2D eigenvalue weighted by Gasteiger charge is -2.12. The molecule has 86 valence electrons. The Morgan fingerprint density at radius 2 is 2.24 bits per heavy atom. The van der Waals surface area contributed by atoms with E-state index < -0.39 is 0 Å². The summed E-state index contributed by atoms with van der Waals surface area (Å²) < 4.78 is 5.26. The highest BCUT2D eigenvalue weighted by Crippen LogP contribution is 2.33. The predicted molar refractivity (Wildman–Crippen MR) is 66.3 cm³/mol. The van der Waals surface area contributed by atoms with Crippen molar-refractivity contribution in [1.29, 1.82) is 5.26 Å². The summed E-state index contributed by atoms with van der Waals surface area (Å²) in [7, 11) is 1.58. The molecule has 2 aromatic rings. The molecular weight excluding hydrogens is 236 g/mol. The number of nitrogens with zero attached hydrogens (tertiary/aromatic N) is 1. The van der Waals surface area contributed by atoms with E-state index in [0.717, 1.165) is 11.1 Å². The molecule has 1 atom stereocenters. The summed E-state index contributed by atoms with van der Waals surface area (Å²) in [6.07, 6.45) is 3.59. The number of nitriles is 1. The van der Waals surface area contributed by atoms with Gasteiger partial charge in [0.2, 0.25) is 0 Å². The highest BCUT2D eigenvalue weighted by molar-refractivity contribution is 6.30. The Hall–Kier alpha value is -1.92. The van der Waals surface area contributed by atoms with E-state index in [1.807, 2.05) is 6.07 Å². The van der Waals surface area contributed by atoms with Crippen LogP contribution in [0.5, 0.6) is 5.75 Å². The second kappa shape index (κ2) is 4.94. The molecule has 17 heavy (non-hydrogen) atoms. The Morgan fingerprint density at radius 1 is 1.41 bits per heavy atom. The zero-order valence-corrected chi connectivity index (χ0v) is 10.0. The molecule has 0 bridgehead atoms. The van der Waals surface area contributed by atoms with Crippen LogP contribution in [0.25, 0.3) is 0 Å². The van der Waals surface area contributed by atoms with Crippen LogP contribution >= 0.6 is 11.6 Å². The lowest BCUT2D eigenvalue weighted by atomic mass is 9.94. The van der Waals surface area contributed by atoms with Crippen LogP contribution in [-0.2, 0) is 0 Å². The van der Waals surface area contributed by atoms with Gasteiger partial charge in [-0.3, -0.25) is 0 Å². The van der Waals surface area contributed by atoms with Crippen molar-refractivity contribution < 1.29 is 4.74 Å². The fraction of sp³-hybridized carbons (Fsp3) is 0.154. The molecule has 0 amide bonds. The first-order chi connectivity index (χ1) is 8.26. The Labute approximate surface area is 105 Å². The van der Waals surface area contributed by atoms with Gasteiger partial charge in [-0.25, -0.2) is 0 Å². The van der Waals surface area contributed by atoms with Crippen LogP contribution in [0, 0.1) is 11.3 Å². The second-order valence-electron chi connectivity index (χ2n) is 3.59. The SMILES string of the molecule is COc1ccc(Cl)cc1C(C#N)c1cc[nH]c1. The van der Waals surface area contributed by atoms with E-state index in [-0.39, 0.29) is 5.92 Å². The lowest BCUT2D eigenvalue weighted by molar-refractivity contribution is 0.409. The van der Waals surface area contributed by atoms with Gasteiger partial charge in [0.25, 0.3) is 0 Å². The third-order valence-corrected chi connectivity index (χ3v) is 2.82. The average molecular weight is 247 g/mol. The minimum absolute atomic E-state index is 0.380. The zero-order valence-electron chi connectivity index (χ0n) is 9.27.